The Balaban J connectivity index is 1.11. The molecule has 44 heavy (non-hydrogen) atoms. The lowest BCUT2D eigenvalue weighted by molar-refractivity contribution is -0.120. The number of amides is 2. The molecule has 12 heteroatoms. The van der Waals surface area contributed by atoms with E-state index < -0.39 is 38.2 Å². The summed E-state index contributed by atoms with van der Waals surface area (Å²) in [7, 11) is -3.83. The second-order valence-corrected chi connectivity index (χ2v) is 15.7. The average Bonchev–Trinajstić information content (AvgIpc) is 3.82. The highest BCUT2D eigenvalue weighted by Gasteiger charge is 2.47. The molecular formula is C32H35FN4O5S2. The van der Waals surface area contributed by atoms with Gasteiger partial charge in [-0.2, -0.15) is 0 Å². The van der Waals surface area contributed by atoms with Crippen molar-refractivity contribution >= 4 is 49.1 Å². The largest absolute Gasteiger partial charge is 0.449 e. The van der Waals surface area contributed by atoms with Crippen molar-refractivity contribution in [1.82, 2.24) is 15.6 Å². The first-order chi connectivity index (χ1) is 21.2. The first kappa shape index (κ1) is 29.2. The van der Waals surface area contributed by atoms with Crippen LogP contribution in [0.2, 0.25) is 0 Å². The molecule has 0 spiro atoms. The quantitative estimate of drug-likeness (QED) is 0.223. The zero-order valence-electron chi connectivity index (χ0n) is 24.2. The van der Waals surface area contributed by atoms with Crippen molar-refractivity contribution in [2.75, 3.05) is 18.5 Å². The van der Waals surface area contributed by atoms with Gasteiger partial charge in [0.25, 0.3) is 0 Å². The lowest BCUT2D eigenvalue weighted by Gasteiger charge is -2.24. The van der Waals surface area contributed by atoms with Crippen LogP contribution in [0.15, 0.2) is 47.7 Å². The molecule has 3 N–H and O–H groups in total. The van der Waals surface area contributed by atoms with Gasteiger partial charge in [-0.15, -0.1) is 11.3 Å². The van der Waals surface area contributed by atoms with Crippen molar-refractivity contribution in [2.45, 2.75) is 74.3 Å². The second kappa shape index (κ2) is 11.8. The number of halogens is 1. The van der Waals surface area contributed by atoms with Crippen LogP contribution in [0.1, 0.15) is 68.0 Å². The summed E-state index contributed by atoms with van der Waals surface area (Å²) in [5.74, 6) is -0.651. The van der Waals surface area contributed by atoms with Crippen LogP contribution in [0.5, 0.6) is 0 Å². The molecule has 9 nitrogen and oxygen atoms in total. The van der Waals surface area contributed by atoms with Gasteiger partial charge in [-0.3, -0.25) is 10.1 Å². The van der Waals surface area contributed by atoms with E-state index in [9.17, 15) is 18.0 Å². The molecule has 4 fully saturated rings. The zero-order valence-corrected chi connectivity index (χ0v) is 25.9. The molecule has 4 aliphatic carbocycles. The van der Waals surface area contributed by atoms with E-state index in [4.69, 9.17) is 4.74 Å². The van der Waals surface area contributed by atoms with Gasteiger partial charge in [-0.1, -0.05) is 12.1 Å². The number of carbonyl (C=O) groups excluding carboxylic acids is 2. The fraction of sp³-hybridized carbons (Fsp3) is 0.469. The third-order valence-electron chi connectivity index (χ3n) is 8.64. The summed E-state index contributed by atoms with van der Waals surface area (Å²) < 4.78 is 48.2. The number of fused-ring (bicyclic) bond motifs is 1. The van der Waals surface area contributed by atoms with E-state index in [1.807, 2.05) is 0 Å². The Kier molecular flexibility index (Phi) is 7.82. The van der Waals surface area contributed by atoms with Crippen LogP contribution in [0.4, 0.5) is 14.9 Å². The second-order valence-electron chi connectivity index (χ2n) is 12.3. The van der Waals surface area contributed by atoms with Crippen molar-refractivity contribution in [3.8, 4) is 11.1 Å². The summed E-state index contributed by atoms with van der Waals surface area (Å²) in [6.07, 6.45) is 8.00. The van der Waals surface area contributed by atoms with Crippen molar-refractivity contribution in [3.05, 3.63) is 58.5 Å². The van der Waals surface area contributed by atoms with Crippen LogP contribution in [-0.2, 0) is 19.4 Å². The van der Waals surface area contributed by atoms with E-state index in [0.29, 0.717) is 58.4 Å². The van der Waals surface area contributed by atoms with Gasteiger partial charge in [0.2, 0.25) is 5.91 Å². The smallest absolute Gasteiger partial charge is 0.411 e. The molecule has 7 rings (SSSR count). The Morgan fingerprint density at radius 2 is 1.80 bits per heavy atom. The first-order valence-electron chi connectivity index (χ1n) is 15.4. The number of aromatic nitrogens is 1. The Bertz CT molecular complexity index is 1740. The highest BCUT2D eigenvalue weighted by molar-refractivity contribution is 7.93. The van der Waals surface area contributed by atoms with Crippen LogP contribution in [-0.4, -0.2) is 49.8 Å². The van der Waals surface area contributed by atoms with Crippen molar-refractivity contribution < 1.29 is 27.1 Å². The number of benzene rings is 2. The number of anilines is 1. The summed E-state index contributed by atoms with van der Waals surface area (Å²) in [5, 5.41) is 7.22. The van der Waals surface area contributed by atoms with Crippen LogP contribution in [0.25, 0.3) is 21.3 Å². The van der Waals surface area contributed by atoms with Gasteiger partial charge < -0.3 is 15.4 Å². The molecule has 0 aliphatic heterocycles. The number of carbonyl (C=O) groups is 2. The number of ether oxygens (including phenoxy) is 1. The average molecular weight is 639 g/mol. The van der Waals surface area contributed by atoms with Crippen LogP contribution < -0.4 is 16.0 Å². The number of allylic oxidation sites excluding steroid dienone is 1. The van der Waals surface area contributed by atoms with Gasteiger partial charge in [0.1, 0.15) is 10.8 Å². The molecule has 0 bridgehead atoms. The highest BCUT2D eigenvalue weighted by atomic mass is 32.2. The molecule has 3 aromatic rings. The number of rotatable bonds is 12. The zero-order chi connectivity index (χ0) is 30.4. The Labute approximate surface area is 259 Å². The Morgan fingerprint density at radius 3 is 2.43 bits per heavy atom. The summed E-state index contributed by atoms with van der Waals surface area (Å²) in [6, 6.07) is 10.1. The maximum absolute atomic E-state index is 15.3. The fourth-order valence-corrected chi connectivity index (χ4v) is 8.74. The van der Waals surface area contributed by atoms with E-state index in [2.05, 4.69) is 20.9 Å². The maximum Gasteiger partial charge on any atom is 0.411 e. The molecule has 1 atom stereocenters. The van der Waals surface area contributed by atoms with Crippen molar-refractivity contribution in [2.24, 2.45) is 5.92 Å². The van der Waals surface area contributed by atoms with E-state index in [0.717, 1.165) is 62.0 Å². The van der Waals surface area contributed by atoms with Gasteiger partial charge >= 0.3 is 6.09 Å². The summed E-state index contributed by atoms with van der Waals surface area (Å²) in [5.41, 5.74) is 4.01. The van der Waals surface area contributed by atoms with Gasteiger partial charge in [-0.05, 0) is 93.0 Å². The topological polar surface area (TPSA) is 126 Å². The molecule has 4 aliphatic rings. The summed E-state index contributed by atoms with van der Waals surface area (Å²) in [4.78, 5) is 30.1. The minimum absolute atomic E-state index is 0.151. The minimum Gasteiger partial charge on any atom is -0.449 e. The molecule has 1 unspecified atom stereocenters. The summed E-state index contributed by atoms with van der Waals surface area (Å²) in [6.45, 7) is 0.668. The number of nitrogens with one attached hydrogen (secondary N) is 3. The van der Waals surface area contributed by atoms with Gasteiger partial charge in [0.05, 0.1) is 28.6 Å². The molecule has 4 saturated carbocycles. The standard InChI is InChI=1S/C32H35FN4O5S2/c33-25-15-26-28(14-24(25)19-6-8-22(9-7-19)36-32(39)42-17-18-4-5-18)43-31(37-26)29(44(40,41)23-12-13-23)30(38)34-16-27(20-2-1-3-20)35-21-10-11-21/h6-9,14-15,18,21,23,29,35H,1-5,10-13,16-17H2,(H,34,38)(H,36,39). The predicted molar refractivity (Wildman–Crippen MR) is 167 cm³/mol. The number of thiazole rings is 1. The van der Waals surface area contributed by atoms with Crippen LogP contribution in [0, 0.1) is 11.7 Å². The number of hydrogen-bond donors (Lipinski definition) is 3. The van der Waals surface area contributed by atoms with Crippen molar-refractivity contribution in [3.63, 3.8) is 0 Å². The molecule has 232 valence electrons. The number of nitrogens with zero attached hydrogens (tertiary/aromatic N) is 1. The molecule has 1 aromatic heterocycles. The highest BCUT2D eigenvalue weighted by Crippen LogP contribution is 2.41. The van der Waals surface area contributed by atoms with Crippen LogP contribution in [0.3, 0.4) is 0 Å². The maximum atomic E-state index is 15.3. The van der Waals surface area contributed by atoms with Gasteiger partial charge in [-0.25, -0.2) is 22.6 Å². The number of sulfone groups is 1. The third-order valence-corrected chi connectivity index (χ3v) is 12.4. The molecule has 2 aromatic carbocycles. The van der Waals surface area contributed by atoms with E-state index in [1.165, 1.54) is 11.6 Å². The first-order valence-corrected chi connectivity index (χ1v) is 17.8. The van der Waals surface area contributed by atoms with Crippen LogP contribution >= 0.6 is 11.3 Å². The molecular weight excluding hydrogens is 604 g/mol. The predicted octanol–water partition coefficient (Wildman–Crippen LogP) is 5.99. The number of hydrogen-bond acceptors (Lipinski definition) is 8. The molecule has 0 radical (unpaired) electrons. The van der Waals surface area contributed by atoms with E-state index in [1.54, 1.807) is 30.3 Å². The Hall–Kier alpha value is -3.51. The van der Waals surface area contributed by atoms with Gasteiger partial charge in [0.15, 0.2) is 15.1 Å². The fourth-order valence-electron chi connectivity index (χ4n) is 5.33. The normalized spacial score (nSPS) is 18.8. The molecule has 2 amide bonds. The SMILES string of the molecule is O=C(Nc1ccc(-c2cc3sc(C(C(=O)NCC(NC4CC4)=C4CCC4)S(=O)(=O)C4CC4)nc3cc2F)cc1)OCC1CC1. The van der Waals surface area contributed by atoms with E-state index >= 15 is 4.39 Å². The minimum atomic E-state index is -3.83. The van der Waals surface area contributed by atoms with Gasteiger partial charge in [0, 0.05) is 29.1 Å². The lowest BCUT2D eigenvalue weighted by atomic mass is 9.90. The lowest BCUT2D eigenvalue weighted by Crippen LogP contribution is -2.39. The Morgan fingerprint density at radius 1 is 1.05 bits per heavy atom. The molecule has 1 heterocycles. The summed E-state index contributed by atoms with van der Waals surface area (Å²) >= 11 is 1.11. The molecule has 0 saturated heterocycles. The third kappa shape index (κ3) is 6.46. The van der Waals surface area contributed by atoms with E-state index in [-0.39, 0.29) is 11.6 Å². The monoisotopic (exact) mass is 638 g/mol. The van der Waals surface area contributed by atoms with Crippen molar-refractivity contribution in [1.29, 1.82) is 0 Å².